The van der Waals surface area contributed by atoms with Gasteiger partial charge in [-0.15, -0.1) is 0 Å². The zero-order valence-corrected chi connectivity index (χ0v) is 23.3. The molecule has 41 heavy (non-hydrogen) atoms. The molecule has 0 radical (unpaired) electrons. The molecule has 0 spiro atoms. The topological polar surface area (TPSA) is 115 Å². The summed E-state index contributed by atoms with van der Waals surface area (Å²) in [5, 5.41) is 12.9. The molecule has 3 aromatic carbocycles. The van der Waals surface area contributed by atoms with Gasteiger partial charge in [0.2, 0.25) is 0 Å². The third-order valence-electron chi connectivity index (χ3n) is 7.26. The summed E-state index contributed by atoms with van der Waals surface area (Å²) in [4.78, 5) is 43.4. The smallest absolute Gasteiger partial charge is 0.414 e. The van der Waals surface area contributed by atoms with E-state index in [1.165, 1.54) is 0 Å². The molecule has 2 heterocycles. The van der Waals surface area contributed by atoms with Gasteiger partial charge in [0.15, 0.2) is 0 Å². The number of cyclic esters (lactones) is 1. The Morgan fingerprint density at radius 1 is 0.976 bits per heavy atom. The van der Waals surface area contributed by atoms with Crippen LogP contribution in [0, 0.1) is 5.41 Å². The molecule has 214 valence electrons. The van der Waals surface area contributed by atoms with Gasteiger partial charge in [-0.25, -0.2) is 4.79 Å². The fraction of sp³-hybridized carbons (Fsp3) is 0.355. The van der Waals surface area contributed by atoms with Gasteiger partial charge in [0.05, 0.1) is 19.2 Å². The van der Waals surface area contributed by atoms with Gasteiger partial charge in [0.25, 0.3) is 5.91 Å². The minimum atomic E-state index is -0.405. The monoisotopic (exact) mass is 557 g/mol. The summed E-state index contributed by atoms with van der Waals surface area (Å²) in [5.41, 5.74) is 1.70. The fourth-order valence-corrected chi connectivity index (χ4v) is 5.21. The third-order valence-corrected chi connectivity index (χ3v) is 7.26. The van der Waals surface area contributed by atoms with E-state index in [0.717, 1.165) is 37.0 Å². The van der Waals surface area contributed by atoms with E-state index in [2.05, 4.69) is 15.1 Å². The molecule has 2 aliphatic heterocycles. The van der Waals surface area contributed by atoms with Crippen LogP contribution >= 0.6 is 0 Å². The summed E-state index contributed by atoms with van der Waals surface area (Å²) in [6.07, 6.45) is -0.788. The lowest BCUT2D eigenvalue weighted by atomic mass is 10.0. The number of ether oxygens (including phenoxy) is 2. The second kappa shape index (κ2) is 12.5. The predicted octanol–water partition coefficient (Wildman–Crippen LogP) is 3.49. The highest BCUT2D eigenvalue weighted by molar-refractivity contribution is 6.16. The van der Waals surface area contributed by atoms with Crippen molar-refractivity contribution < 1.29 is 23.9 Å². The zero-order chi connectivity index (χ0) is 28.9. The molecule has 2 saturated heterocycles. The molecule has 2 amide bonds. The molecule has 0 saturated carbocycles. The maximum absolute atomic E-state index is 12.9. The van der Waals surface area contributed by atoms with Crippen molar-refractivity contribution in [1.29, 1.82) is 5.41 Å². The van der Waals surface area contributed by atoms with E-state index in [-0.39, 0.29) is 29.9 Å². The lowest BCUT2D eigenvalue weighted by molar-refractivity contribution is -0.149. The highest BCUT2D eigenvalue weighted by atomic mass is 16.6. The molecule has 2 N–H and O–H groups in total. The van der Waals surface area contributed by atoms with Crippen molar-refractivity contribution in [2.45, 2.75) is 26.1 Å². The van der Waals surface area contributed by atoms with E-state index in [4.69, 9.17) is 14.9 Å². The van der Waals surface area contributed by atoms with Crippen molar-refractivity contribution in [3.63, 3.8) is 0 Å². The maximum Gasteiger partial charge on any atom is 0.414 e. The third kappa shape index (κ3) is 6.90. The zero-order valence-electron chi connectivity index (χ0n) is 23.3. The lowest BCUT2D eigenvalue weighted by Crippen LogP contribution is -2.50. The number of hydrogen-bond donors (Lipinski definition) is 2. The number of nitrogens with one attached hydrogen (secondary N) is 2. The van der Waals surface area contributed by atoms with Crippen LogP contribution in [0.25, 0.3) is 10.8 Å². The number of fused-ring (bicyclic) bond motifs is 1. The first-order valence-electron chi connectivity index (χ1n) is 13.9. The molecule has 0 aromatic heterocycles. The average Bonchev–Trinajstić information content (AvgIpc) is 3.32. The van der Waals surface area contributed by atoms with E-state index in [9.17, 15) is 14.4 Å². The molecule has 3 aromatic rings. The van der Waals surface area contributed by atoms with Crippen LogP contribution in [-0.4, -0.2) is 91.6 Å². The Labute approximate surface area is 239 Å². The summed E-state index contributed by atoms with van der Waals surface area (Å²) < 4.78 is 10.9. The quantitative estimate of drug-likeness (QED) is 0.248. The summed E-state index contributed by atoms with van der Waals surface area (Å²) >= 11 is 0. The Kier molecular flexibility index (Phi) is 8.61. The van der Waals surface area contributed by atoms with E-state index in [1.54, 1.807) is 35.2 Å². The number of carbonyl (C=O) groups excluding carboxylic acids is 3. The Morgan fingerprint density at radius 2 is 1.66 bits per heavy atom. The number of amidine groups is 1. The van der Waals surface area contributed by atoms with Crippen LogP contribution in [0.15, 0.2) is 66.7 Å². The van der Waals surface area contributed by atoms with Gasteiger partial charge in [0, 0.05) is 49.5 Å². The number of piperazine rings is 1. The Morgan fingerprint density at radius 3 is 2.39 bits per heavy atom. The summed E-state index contributed by atoms with van der Waals surface area (Å²) in [6, 6.07) is 20.1. The van der Waals surface area contributed by atoms with Gasteiger partial charge >= 0.3 is 12.1 Å². The largest absolute Gasteiger partial charge is 0.462 e. The number of hydrogen-bond acceptors (Lipinski definition) is 8. The number of carbonyl (C=O) groups is 3. The summed E-state index contributed by atoms with van der Waals surface area (Å²) in [7, 11) is 0. The fourth-order valence-electron chi connectivity index (χ4n) is 5.21. The molecule has 1 atom stereocenters. The molecule has 10 nitrogen and oxygen atoms in total. The Balaban J connectivity index is 1.12. The van der Waals surface area contributed by atoms with Crippen LogP contribution in [0.5, 0.6) is 0 Å². The summed E-state index contributed by atoms with van der Waals surface area (Å²) in [6.45, 7) is 8.09. The lowest BCUT2D eigenvalue weighted by Gasteiger charge is -2.34. The van der Waals surface area contributed by atoms with Gasteiger partial charge < -0.3 is 14.8 Å². The average molecular weight is 558 g/mol. The molecular weight excluding hydrogens is 522 g/mol. The van der Waals surface area contributed by atoms with Gasteiger partial charge in [-0.2, -0.15) is 0 Å². The van der Waals surface area contributed by atoms with Gasteiger partial charge in [-0.05, 0) is 55.0 Å². The van der Waals surface area contributed by atoms with Crippen LogP contribution in [0.4, 0.5) is 10.5 Å². The van der Waals surface area contributed by atoms with Crippen molar-refractivity contribution in [2.75, 3.05) is 50.7 Å². The highest BCUT2D eigenvalue weighted by Crippen LogP contribution is 2.23. The maximum atomic E-state index is 12.9. The molecule has 5 rings (SSSR count). The molecule has 0 aliphatic carbocycles. The van der Waals surface area contributed by atoms with Crippen molar-refractivity contribution in [2.24, 2.45) is 0 Å². The van der Waals surface area contributed by atoms with E-state index >= 15 is 0 Å². The van der Waals surface area contributed by atoms with Crippen LogP contribution in [0.2, 0.25) is 0 Å². The molecule has 1 unspecified atom stereocenters. The van der Waals surface area contributed by atoms with Crippen LogP contribution in [-0.2, 0) is 14.3 Å². The van der Waals surface area contributed by atoms with Crippen molar-refractivity contribution in [3.05, 3.63) is 77.9 Å². The second-order valence-corrected chi connectivity index (χ2v) is 10.6. The molecule has 2 fully saturated rings. The number of amides is 2. The molecular formula is C31H35N5O5. The van der Waals surface area contributed by atoms with Gasteiger partial charge in [0.1, 0.15) is 11.9 Å². The van der Waals surface area contributed by atoms with Crippen molar-refractivity contribution in [1.82, 2.24) is 15.1 Å². The number of nitrogens with zero attached hydrogens (tertiary/aromatic N) is 3. The first-order valence-corrected chi connectivity index (χ1v) is 13.9. The number of rotatable bonds is 8. The first kappa shape index (κ1) is 28.3. The number of anilines is 1. The SMILES string of the molecule is CC(C)OC(=O)CN1CCN(CC2CN(c3ccc(C(=N)NC(=O)c4cccc5ccccc45)cc3)C(=O)O2)CC1. The number of esters is 1. The molecule has 10 heteroatoms. The second-order valence-electron chi connectivity index (χ2n) is 10.6. The van der Waals surface area contributed by atoms with E-state index in [0.29, 0.717) is 36.4 Å². The van der Waals surface area contributed by atoms with Crippen LogP contribution < -0.4 is 10.2 Å². The van der Waals surface area contributed by atoms with E-state index < -0.39 is 6.09 Å². The molecule has 0 bridgehead atoms. The summed E-state index contributed by atoms with van der Waals surface area (Å²) in [5.74, 6) is -0.576. The van der Waals surface area contributed by atoms with Crippen molar-refractivity contribution in [3.8, 4) is 0 Å². The highest BCUT2D eigenvalue weighted by Gasteiger charge is 2.34. The van der Waals surface area contributed by atoms with E-state index in [1.807, 2.05) is 50.2 Å². The molecule has 2 aliphatic rings. The normalized spacial score (nSPS) is 18.0. The van der Waals surface area contributed by atoms with Gasteiger partial charge in [-0.1, -0.05) is 36.4 Å². The standard InChI is InChI=1S/C31H35N5O5/c1-21(2)40-28(37)20-35-16-14-34(15-17-35)18-25-19-36(31(39)41-25)24-12-10-23(11-13-24)29(32)33-30(38)27-9-5-7-22-6-3-4-8-26(22)27/h3-13,21,25H,14-20H2,1-2H3,(H2,32,33,38). The number of benzene rings is 3. The van der Waals surface area contributed by atoms with Crippen molar-refractivity contribution >= 4 is 40.3 Å². The van der Waals surface area contributed by atoms with Crippen LogP contribution in [0.1, 0.15) is 29.8 Å². The van der Waals surface area contributed by atoms with Gasteiger partial charge in [-0.3, -0.25) is 29.7 Å². The predicted molar refractivity (Wildman–Crippen MR) is 156 cm³/mol. The van der Waals surface area contributed by atoms with Crippen LogP contribution in [0.3, 0.4) is 0 Å². The minimum Gasteiger partial charge on any atom is -0.462 e. The minimum absolute atomic E-state index is 0.0204. The Hall–Kier alpha value is -4.28. The first-order chi connectivity index (χ1) is 19.8. The Bertz CT molecular complexity index is 1430.